The van der Waals surface area contributed by atoms with Crippen molar-refractivity contribution in [2.45, 2.75) is 40.5 Å². The van der Waals surface area contributed by atoms with Crippen molar-refractivity contribution in [3.63, 3.8) is 0 Å². The van der Waals surface area contributed by atoms with Crippen LogP contribution in [0.1, 0.15) is 40.5 Å². The summed E-state index contributed by atoms with van der Waals surface area (Å²) >= 11 is 0. The van der Waals surface area contributed by atoms with E-state index in [1.54, 1.807) is 6.92 Å². The molecule has 74 valence electrons. The topological polar surface area (TPSA) is 17.1 Å². The molecule has 0 radical (unpaired) electrons. The predicted octanol–water partition coefficient (Wildman–Crippen LogP) is 2.89. The summed E-state index contributed by atoms with van der Waals surface area (Å²) in [5, 5.41) is 0. The first-order chi connectivity index (χ1) is 5.94. The number of hydrogen-bond acceptors (Lipinski definition) is 1. The van der Waals surface area contributed by atoms with Crippen LogP contribution < -0.4 is 0 Å². The molecule has 0 saturated heterocycles. The molecule has 0 amide bonds. The van der Waals surface area contributed by atoms with E-state index in [1.165, 1.54) is 6.42 Å². The number of hydrogen-bond donors (Lipinski definition) is 0. The molecule has 1 nitrogen and oxygen atoms in total. The summed E-state index contributed by atoms with van der Waals surface area (Å²) in [6.45, 7) is 8.72. The molecule has 0 aromatic carbocycles. The fourth-order valence-corrected chi connectivity index (χ4v) is 3.43. The van der Waals surface area contributed by atoms with E-state index in [0.717, 1.165) is 18.3 Å². The van der Waals surface area contributed by atoms with Crippen molar-refractivity contribution in [3.8, 4) is 0 Å². The van der Waals surface area contributed by atoms with Crippen LogP contribution in [0.15, 0.2) is 0 Å². The Morgan fingerprint density at radius 2 is 1.77 bits per heavy atom. The molecule has 0 aromatic rings. The molecule has 2 rings (SSSR count). The lowest BCUT2D eigenvalue weighted by molar-refractivity contribution is -0.123. The van der Waals surface area contributed by atoms with Gasteiger partial charge >= 0.3 is 0 Å². The van der Waals surface area contributed by atoms with Gasteiger partial charge in [0.05, 0.1) is 0 Å². The van der Waals surface area contributed by atoms with Crippen LogP contribution in [-0.2, 0) is 4.79 Å². The fourth-order valence-electron chi connectivity index (χ4n) is 3.43. The first-order valence-electron chi connectivity index (χ1n) is 5.45. The van der Waals surface area contributed by atoms with Crippen molar-refractivity contribution in [2.75, 3.05) is 0 Å². The molecule has 0 aliphatic heterocycles. The molecule has 2 saturated carbocycles. The van der Waals surface area contributed by atoms with Crippen molar-refractivity contribution in [1.29, 1.82) is 0 Å². The van der Waals surface area contributed by atoms with Gasteiger partial charge in [0.2, 0.25) is 0 Å². The van der Waals surface area contributed by atoms with Crippen LogP contribution in [-0.4, -0.2) is 5.78 Å². The first kappa shape index (κ1) is 9.23. The van der Waals surface area contributed by atoms with Crippen LogP contribution in [0.5, 0.6) is 0 Å². The van der Waals surface area contributed by atoms with Gasteiger partial charge in [0.25, 0.3) is 0 Å². The van der Waals surface area contributed by atoms with Crippen molar-refractivity contribution in [3.05, 3.63) is 0 Å². The fraction of sp³-hybridized carbons (Fsp3) is 0.917. The van der Waals surface area contributed by atoms with Gasteiger partial charge in [0.1, 0.15) is 5.78 Å². The minimum absolute atomic E-state index is 0.364. The average molecular weight is 180 g/mol. The molecule has 13 heavy (non-hydrogen) atoms. The zero-order valence-electron chi connectivity index (χ0n) is 9.13. The van der Waals surface area contributed by atoms with Gasteiger partial charge in [-0.1, -0.05) is 20.8 Å². The van der Waals surface area contributed by atoms with Gasteiger partial charge in [0.15, 0.2) is 0 Å². The third-order valence-corrected chi connectivity index (χ3v) is 4.63. The van der Waals surface area contributed by atoms with E-state index in [9.17, 15) is 4.79 Å². The highest BCUT2D eigenvalue weighted by atomic mass is 16.1. The van der Waals surface area contributed by atoms with E-state index in [1.807, 2.05) is 0 Å². The van der Waals surface area contributed by atoms with Crippen molar-refractivity contribution in [2.24, 2.45) is 29.1 Å². The SMILES string of the molecule is CC(=O)C1CC2C(CC1C)C2(C)C. The second kappa shape index (κ2) is 2.59. The summed E-state index contributed by atoms with van der Waals surface area (Å²) in [5.41, 5.74) is 0.540. The van der Waals surface area contributed by atoms with Gasteiger partial charge in [-0.2, -0.15) is 0 Å². The minimum Gasteiger partial charge on any atom is -0.300 e. The van der Waals surface area contributed by atoms with Gasteiger partial charge in [-0.3, -0.25) is 4.79 Å². The largest absolute Gasteiger partial charge is 0.300 e. The number of ketones is 1. The molecule has 2 aliphatic rings. The third kappa shape index (κ3) is 1.24. The normalized spacial score (nSPS) is 46.8. The Kier molecular flexibility index (Phi) is 1.84. The van der Waals surface area contributed by atoms with Crippen LogP contribution in [0.25, 0.3) is 0 Å². The Labute approximate surface area is 80.9 Å². The van der Waals surface area contributed by atoms with Crippen LogP contribution >= 0.6 is 0 Å². The number of fused-ring (bicyclic) bond motifs is 1. The van der Waals surface area contributed by atoms with E-state index in [-0.39, 0.29) is 0 Å². The number of carbonyl (C=O) groups is 1. The molecule has 0 heterocycles. The monoisotopic (exact) mass is 180 g/mol. The quantitative estimate of drug-likeness (QED) is 0.606. The molecule has 1 heteroatoms. The summed E-state index contributed by atoms with van der Waals surface area (Å²) in [6.07, 6.45) is 2.44. The van der Waals surface area contributed by atoms with Crippen LogP contribution in [0.3, 0.4) is 0 Å². The zero-order chi connectivity index (χ0) is 9.80. The van der Waals surface area contributed by atoms with E-state index >= 15 is 0 Å². The predicted molar refractivity (Wildman–Crippen MR) is 53.3 cm³/mol. The van der Waals surface area contributed by atoms with E-state index in [0.29, 0.717) is 23.0 Å². The molecule has 4 atom stereocenters. The Hall–Kier alpha value is -0.330. The van der Waals surface area contributed by atoms with E-state index < -0.39 is 0 Å². The number of rotatable bonds is 1. The lowest BCUT2D eigenvalue weighted by atomic mass is 9.78. The molecular weight excluding hydrogens is 160 g/mol. The van der Waals surface area contributed by atoms with Crippen molar-refractivity contribution < 1.29 is 4.79 Å². The highest BCUT2D eigenvalue weighted by Gasteiger charge is 2.60. The third-order valence-electron chi connectivity index (χ3n) is 4.63. The molecule has 0 N–H and O–H groups in total. The Morgan fingerprint density at radius 3 is 2.31 bits per heavy atom. The van der Waals surface area contributed by atoms with E-state index in [2.05, 4.69) is 20.8 Å². The number of Topliss-reactive ketones (excluding diaryl/α,β-unsaturated/α-hetero) is 1. The smallest absolute Gasteiger partial charge is 0.133 e. The standard InChI is InChI=1S/C12H20O/c1-7-5-10-11(12(10,3)4)6-9(7)8(2)13/h7,9-11H,5-6H2,1-4H3. The summed E-state index contributed by atoms with van der Waals surface area (Å²) < 4.78 is 0. The highest BCUT2D eigenvalue weighted by molar-refractivity contribution is 5.78. The van der Waals surface area contributed by atoms with Gasteiger partial charge in [-0.05, 0) is 42.9 Å². The Balaban J connectivity index is 2.09. The first-order valence-corrected chi connectivity index (χ1v) is 5.45. The van der Waals surface area contributed by atoms with Crippen molar-refractivity contribution >= 4 is 5.78 Å². The second-order valence-corrected chi connectivity index (χ2v) is 5.70. The maximum Gasteiger partial charge on any atom is 0.133 e. The lowest BCUT2D eigenvalue weighted by Crippen LogP contribution is -2.24. The summed E-state index contributed by atoms with van der Waals surface area (Å²) in [4.78, 5) is 11.4. The molecular formula is C12H20O. The Morgan fingerprint density at radius 1 is 1.23 bits per heavy atom. The maximum absolute atomic E-state index is 11.4. The summed E-state index contributed by atoms with van der Waals surface area (Å²) in [7, 11) is 0. The molecule has 2 aliphatic carbocycles. The molecule has 0 spiro atoms. The van der Waals surface area contributed by atoms with Gasteiger partial charge < -0.3 is 0 Å². The van der Waals surface area contributed by atoms with Crippen LogP contribution in [0.2, 0.25) is 0 Å². The lowest BCUT2D eigenvalue weighted by Gasteiger charge is -2.25. The zero-order valence-corrected chi connectivity index (χ0v) is 9.13. The van der Waals surface area contributed by atoms with E-state index in [4.69, 9.17) is 0 Å². The maximum atomic E-state index is 11.4. The minimum atomic E-state index is 0.364. The molecule has 0 bridgehead atoms. The molecule has 4 unspecified atom stereocenters. The van der Waals surface area contributed by atoms with Crippen LogP contribution in [0.4, 0.5) is 0 Å². The second-order valence-electron chi connectivity index (χ2n) is 5.70. The Bertz CT molecular complexity index is 242. The van der Waals surface area contributed by atoms with Crippen LogP contribution in [0, 0.1) is 29.1 Å². The van der Waals surface area contributed by atoms with Gasteiger partial charge in [-0.25, -0.2) is 0 Å². The van der Waals surface area contributed by atoms with Gasteiger partial charge in [0, 0.05) is 5.92 Å². The molecule has 2 fully saturated rings. The van der Waals surface area contributed by atoms with Gasteiger partial charge in [-0.15, -0.1) is 0 Å². The summed E-state index contributed by atoms with van der Waals surface area (Å²) in [5.74, 6) is 3.16. The average Bonchev–Trinajstić information content (AvgIpc) is 2.52. The highest BCUT2D eigenvalue weighted by Crippen LogP contribution is 2.66. The van der Waals surface area contributed by atoms with Crippen molar-refractivity contribution in [1.82, 2.24) is 0 Å². The number of carbonyl (C=O) groups excluding carboxylic acids is 1. The molecule has 0 aromatic heterocycles. The summed E-state index contributed by atoms with van der Waals surface area (Å²) in [6, 6.07) is 0.